The first-order valence-electron chi connectivity index (χ1n) is 5.11. The highest BCUT2D eigenvalue weighted by atomic mass is 32.1. The number of rotatable bonds is 1. The number of H-pyrrole nitrogens is 1. The standard InChI is InChI=1S/C10H15N3S/c1-11-9-7-5-3-2-4-6-8(7)12-10(14)13-9/h2-6H2,1H3,(H2,11,12,13,14). The van der Waals surface area contributed by atoms with Gasteiger partial charge in [0.25, 0.3) is 0 Å². The highest BCUT2D eigenvalue weighted by Crippen LogP contribution is 2.23. The minimum atomic E-state index is 0.593. The van der Waals surface area contributed by atoms with Crippen molar-refractivity contribution < 1.29 is 0 Å². The third-order valence-electron chi connectivity index (χ3n) is 2.71. The zero-order valence-corrected chi connectivity index (χ0v) is 9.21. The maximum absolute atomic E-state index is 5.09. The summed E-state index contributed by atoms with van der Waals surface area (Å²) in [6, 6.07) is 0. The molecule has 4 heteroatoms. The molecule has 0 saturated heterocycles. The molecule has 1 aliphatic carbocycles. The number of aryl methyl sites for hydroxylation is 1. The smallest absolute Gasteiger partial charge is 0.198 e. The van der Waals surface area contributed by atoms with Crippen molar-refractivity contribution in [3.8, 4) is 0 Å². The van der Waals surface area contributed by atoms with E-state index in [-0.39, 0.29) is 0 Å². The van der Waals surface area contributed by atoms with Crippen LogP contribution in [0.5, 0.6) is 0 Å². The quantitative estimate of drug-likeness (QED) is 0.551. The van der Waals surface area contributed by atoms with Crippen molar-refractivity contribution in [2.24, 2.45) is 0 Å². The Kier molecular flexibility index (Phi) is 2.82. The van der Waals surface area contributed by atoms with Gasteiger partial charge in [0, 0.05) is 18.3 Å². The number of aromatic nitrogens is 2. The van der Waals surface area contributed by atoms with Gasteiger partial charge in [-0.2, -0.15) is 0 Å². The van der Waals surface area contributed by atoms with Gasteiger partial charge in [-0.05, 0) is 37.9 Å². The highest BCUT2D eigenvalue weighted by Gasteiger charge is 2.12. The number of nitrogens with one attached hydrogen (secondary N) is 2. The summed E-state index contributed by atoms with van der Waals surface area (Å²) < 4.78 is 0.593. The van der Waals surface area contributed by atoms with Crippen LogP contribution in [0, 0.1) is 4.77 Å². The Morgan fingerprint density at radius 3 is 2.86 bits per heavy atom. The number of nitrogens with zero attached hydrogens (tertiary/aromatic N) is 1. The molecular weight excluding hydrogens is 194 g/mol. The monoisotopic (exact) mass is 209 g/mol. The molecule has 1 aromatic heterocycles. The third kappa shape index (κ3) is 1.80. The van der Waals surface area contributed by atoms with E-state index < -0.39 is 0 Å². The molecule has 0 aliphatic heterocycles. The molecule has 0 spiro atoms. The molecule has 76 valence electrons. The third-order valence-corrected chi connectivity index (χ3v) is 2.90. The normalized spacial score (nSPS) is 15.8. The predicted molar refractivity (Wildman–Crippen MR) is 60.2 cm³/mol. The molecule has 1 heterocycles. The Labute approximate surface area is 89.0 Å². The first-order chi connectivity index (χ1) is 6.81. The largest absolute Gasteiger partial charge is 0.373 e. The zero-order valence-electron chi connectivity index (χ0n) is 8.39. The van der Waals surface area contributed by atoms with Crippen LogP contribution in [0.25, 0.3) is 0 Å². The lowest BCUT2D eigenvalue weighted by Crippen LogP contribution is -2.05. The molecule has 2 N–H and O–H groups in total. The average molecular weight is 209 g/mol. The Morgan fingerprint density at radius 2 is 2.07 bits per heavy atom. The lowest BCUT2D eigenvalue weighted by molar-refractivity contribution is 0.708. The fraction of sp³-hybridized carbons (Fsp3) is 0.600. The van der Waals surface area contributed by atoms with Gasteiger partial charge in [0.05, 0.1) is 0 Å². The van der Waals surface area contributed by atoms with Crippen LogP contribution in [0.2, 0.25) is 0 Å². The van der Waals surface area contributed by atoms with E-state index in [0.717, 1.165) is 18.7 Å². The lowest BCUT2D eigenvalue weighted by atomic mass is 10.1. The first kappa shape index (κ1) is 9.65. The van der Waals surface area contributed by atoms with Gasteiger partial charge >= 0.3 is 0 Å². The van der Waals surface area contributed by atoms with E-state index in [9.17, 15) is 0 Å². The van der Waals surface area contributed by atoms with Gasteiger partial charge in [0.2, 0.25) is 0 Å². The molecule has 3 nitrogen and oxygen atoms in total. The molecule has 0 bridgehead atoms. The van der Waals surface area contributed by atoms with Gasteiger partial charge in [0.15, 0.2) is 4.77 Å². The Morgan fingerprint density at radius 1 is 1.29 bits per heavy atom. The maximum Gasteiger partial charge on any atom is 0.198 e. The molecular formula is C10H15N3S. The van der Waals surface area contributed by atoms with Crippen molar-refractivity contribution in [3.63, 3.8) is 0 Å². The molecule has 14 heavy (non-hydrogen) atoms. The molecule has 1 aromatic rings. The van der Waals surface area contributed by atoms with Crippen molar-refractivity contribution >= 4 is 18.0 Å². The Bertz CT molecular complexity index is 383. The van der Waals surface area contributed by atoms with Crippen LogP contribution in [-0.2, 0) is 12.8 Å². The summed E-state index contributed by atoms with van der Waals surface area (Å²) in [6.07, 6.45) is 6.04. The van der Waals surface area contributed by atoms with Crippen molar-refractivity contribution in [3.05, 3.63) is 16.0 Å². The van der Waals surface area contributed by atoms with Gasteiger partial charge in [-0.15, -0.1) is 0 Å². The number of aromatic amines is 1. The molecule has 1 aliphatic rings. The van der Waals surface area contributed by atoms with E-state index in [1.165, 1.54) is 30.5 Å². The van der Waals surface area contributed by atoms with E-state index in [2.05, 4.69) is 15.3 Å². The molecule has 0 atom stereocenters. The van der Waals surface area contributed by atoms with Gasteiger partial charge in [-0.3, -0.25) is 0 Å². The summed E-state index contributed by atoms with van der Waals surface area (Å²) in [5.74, 6) is 0.964. The van der Waals surface area contributed by atoms with E-state index in [1.807, 2.05) is 7.05 Å². The van der Waals surface area contributed by atoms with Crippen LogP contribution >= 0.6 is 12.2 Å². The molecule has 0 unspecified atom stereocenters. The van der Waals surface area contributed by atoms with Gasteiger partial charge in [-0.25, -0.2) is 4.98 Å². The fourth-order valence-corrected chi connectivity index (χ4v) is 2.23. The molecule has 0 amide bonds. The van der Waals surface area contributed by atoms with Crippen LogP contribution in [0.1, 0.15) is 30.5 Å². The van der Waals surface area contributed by atoms with Gasteiger partial charge < -0.3 is 10.3 Å². The zero-order chi connectivity index (χ0) is 9.97. The summed E-state index contributed by atoms with van der Waals surface area (Å²) in [5.41, 5.74) is 2.62. The van der Waals surface area contributed by atoms with E-state index >= 15 is 0 Å². The van der Waals surface area contributed by atoms with Crippen LogP contribution in [0.15, 0.2) is 0 Å². The molecule has 0 aromatic carbocycles. The predicted octanol–water partition coefficient (Wildman–Crippen LogP) is 2.45. The molecule has 0 fully saturated rings. The van der Waals surface area contributed by atoms with Crippen molar-refractivity contribution in [2.75, 3.05) is 12.4 Å². The number of fused-ring (bicyclic) bond motifs is 1. The Hall–Kier alpha value is -0.900. The van der Waals surface area contributed by atoms with E-state index in [0.29, 0.717) is 4.77 Å². The number of hydrogen-bond acceptors (Lipinski definition) is 3. The maximum atomic E-state index is 5.09. The number of hydrogen-bond donors (Lipinski definition) is 2. The van der Waals surface area contributed by atoms with E-state index in [1.54, 1.807) is 0 Å². The summed E-state index contributed by atoms with van der Waals surface area (Å²) in [7, 11) is 1.91. The highest BCUT2D eigenvalue weighted by molar-refractivity contribution is 7.71. The van der Waals surface area contributed by atoms with Crippen molar-refractivity contribution in [2.45, 2.75) is 32.1 Å². The van der Waals surface area contributed by atoms with Crippen molar-refractivity contribution in [1.29, 1.82) is 0 Å². The second-order valence-electron chi connectivity index (χ2n) is 3.66. The second-order valence-corrected chi connectivity index (χ2v) is 4.05. The topological polar surface area (TPSA) is 40.7 Å². The number of anilines is 1. The molecule has 2 rings (SSSR count). The fourth-order valence-electron chi connectivity index (χ4n) is 2.01. The van der Waals surface area contributed by atoms with Crippen LogP contribution in [0.4, 0.5) is 5.82 Å². The summed E-state index contributed by atoms with van der Waals surface area (Å²) in [6.45, 7) is 0. The Balaban J connectivity index is 2.52. The summed E-state index contributed by atoms with van der Waals surface area (Å²) >= 11 is 5.09. The lowest BCUT2D eigenvalue weighted by Gasteiger charge is -2.10. The van der Waals surface area contributed by atoms with Crippen molar-refractivity contribution in [1.82, 2.24) is 9.97 Å². The van der Waals surface area contributed by atoms with E-state index in [4.69, 9.17) is 12.2 Å². The average Bonchev–Trinajstić information content (AvgIpc) is 2.41. The summed E-state index contributed by atoms with van der Waals surface area (Å²) in [5, 5.41) is 3.13. The van der Waals surface area contributed by atoms with Crippen LogP contribution in [-0.4, -0.2) is 17.0 Å². The molecule has 0 radical (unpaired) electrons. The second kappa shape index (κ2) is 4.09. The van der Waals surface area contributed by atoms with Gasteiger partial charge in [-0.1, -0.05) is 6.42 Å². The minimum Gasteiger partial charge on any atom is -0.373 e. The van der Waals surface area contributed by atoms with Crippen LogP contribution in [0.3, 0.4) is 0 Å². The summed E-state index contributed by atoms with van der Waals surface area (Å²) in [4.78, 5) is 7.50. The first-order valence-corrected chi connectivity index (χ1v) is 5.52. The van der Waals surface area contributed by atoms with Crippen LogP contribution < -0.4 is 5.32 Å². The SMILES string of the molecule is CNc1nc(=S)[nH]c2c1CCCCC2. The van der Waals surface area contributed by atoms with Gasteiger partial charge in [0.1, 0.15) is 5.82 Å². The molecule has 0 saturated carbocycles. The minimum absolute atomic E-state index is 0.593.